The molecule has 1 aromatic heterocycles. The number of imidazole rings is 1. The van der Waals surface area contributed by atoms with Gasteiger partial charge in [-0.1, -0.05) is 42.5 Å². The van der Waals surface area contributed by atoms with Crippen molar-refractivity contribution in [2.45, 2.75) is 45.6 Å². The van der Waals surface area contributed by atoms with Gasteiger partial charge in [-0.25, -0.2) is 4.98 Å². The molecule has 184 valence electrons. The fourth-order valence-electron chi connectivity index (χ4n) is 5.25. The molecule has 5 nitrogen and oxygen atoms in total. The van der Waals surface area contributed by atoms with E-state index in [-0.39, 0.29) is 11.8 Å². The maximum Gasteiger partial charge on any atom is 0.227 e. The van der Waals surface area contributed by atoms with E-state index in [1.165, 1.54) is 11.1 Å². The number of hydrogen-bond donors (Lipinski definition) is 0. The zero-order valence-corrected chi connectivity index (χ0v) is 21.1. The highest BCUT2D eigenvalue weighted by atomic mass is 16.5. The minimum absolute atomic E-state index is 0.0555. The molecular weight excluding hydrogens is 446 g/mol. The monoisotopic (exact) mass is 479 g/mol. The molecule has 1 amide bonds. The van der Waals surface area contributed by atoms with E-state index >= 15 is 0 Å². The highest BCUT2D eigenvalue weighted by Crippen LogP contribution is 2.34. The lowest BCUT2D eigenvalue weighted by atomic mass is 10.1. The van der Waals surface area contributed by atoms with E-state index in [1.54, 1.807) is 0 Å². The summed E-state index contributed by atoms with van der Waals surface area (Å²) in [6, 6.07) is 22.7. The van der Waals surface area contributed by atoms with Crippen molar-refractivity contribution in [3.05, 3.63) is 102 Å². The van der Waals surface area contributed by atoms with Crippen molar-refractivity contribution in [2.24, 2.45) is 0 Å². The lowest BCUT2D eigenvalue weighted by Gasteiger charge is -2.19. The van der Waals surface area contributed by atoms with Gasteiger partial charge in [0.15, 0.2) is 0 Å². The van der Waals surface area contributed by atoms with Crippen LogP contribution in [0.3, 0.4) is 0 Å². The molecule has 5 heteroatoms. The van der Waals surface area contributed by atoms with E-state index in [0.29, 0.717) is 19.6 Å². The third-order valence-corrected chi connectivity index (χ3v) is 6.81. The van der Waals surface area contributed by atoms with Crippen molar-refractivity contribution >= 4 is 22.6 Å². The van der Waals surface area contributed by atoms with Crippen molar-refractivity contribution < 1.29 is 9.53 Å². The molecule has 0 N–H and O–H groups in total. The van der Waals surface area contributed by atoms with Gasteiger partial charge in [0, 0.05) is 31.1 Å². The first-order valence-corrected chi connectivity index (χ1v) is 12.7. The minimum Gasteiger partial charge on any atom is -0.493 e. The Hall–Kier alpha value is -3.86. The molecule has 1 unspecified atom stereocenters. The topological polar surface area (TPSA) is 47.4 Å². The van der Waals surface area contributed by atoms with E-state index in [1.807, 2.05) is 41.3 Å². The van der Waals surface area contributed by atoms with Gasteiger partial charge in [-0.3, -0.25) is 4.79 Å². The lowest BCUT2D eigenvalue weighted by molar-refractivity contribution is -0.117. The summed E-state index contributed by atoms with van der Waals surface area (Å²) in [5, 5.41) is 0. The Balaban J connectivity index is 1.34. The molecule has 0 bridgehead atoms. The van der Waals surface area contributed by atoms with E-state index in [4.69, 9.17) is 9.72 Å². The molecule has 1 aliphatic heterocycles. The standard InChI is InChI=1S/C31H33N3O2/c1-4-10-24-11-5-8-14-29(24)36-16-9-15-33-28-13-7-6-12-27(28)32-31(33)25-20-30(35)34(21-25)26-18-22(2)17-23(3)19-26/h4-8,11-14,17-19,25H,1,9-10,15-16,20-21H2,2-3H3. The number of aromatic nitrogens is 2. The maximum atomic E-state index is 13.1. The molecule has 3 aromatic carbocycles. The van der Waals surface area contributed by atoms with E-state index in [2.05, 4.69) is 61.4 Å². The summed E-state index contributed by atoms with van der Waals surface area (Å²) in [4.78, 5) is 20.0. The average molecular weight is 480 g/mol. The van der Waals surface area contributed by atoms with Gasteiger partial charge in [0.05, 0.1) is 17.6 Å². The zero-order valence-electron chi connectivity index (χ0n) is 21.1. The second kappa shape index (κ2) is 10.4. The summed E-state index contributed by atoms with van der Waals surface area (Å²) in [5.74, 6) is 2.12. The first-order chi connectivity index (χ1) is 17.5. The Morgan fingerprint density at radius 3 is 2.61 bits per heavy atom. The van der Waals surface area contributed by atoms with Crippen LogP contribution in [0.5, 0.6) is 5.75 Å². The molecule has 0 spiro atoms. The van der Waals surface area contributed by atoms with Gasteiger partial charge in [-0.15, -0.1) is 6.58 Å². The molecule has 1 aliphatic rings. The first kappa shape index (κ1) is 23.9. The van der Waals surface area contributed by atoms with Gasteiger partial charge in [0.25, 0.3) is 0 Å². The van der Waals surface area contributed by atoms with Gasteiger partial charge >= 0.3 is 0 Å². The quantitative estimate of drug-likeness (QED) is 0.207. The predicted octanol–water partition coefficient (Wildman–Crippen LogP) is 6.37. The molecule has 36 heavy (non-hydrogen) atoms. The van der Waals surface area contributed by atoms with Crippen LogP contribution in [0.25, 0.3) is 11.0 Å². The molecule has 1 atom stereocenters. The number of amides is 1. The molecule has 2 heterocycles. The number of ether oxygens (including phenoxy) is 1. The highest BCUT2D eigenvalue weighted by molar-refractivity contribution is 5.96. The summed E-state index contributed by atoms with van der Waals surface area (Å²) in [7, 11) is 0. The van der Waals surface area contributed by atoms with Crippen LogP contribution >= 0.6 is 0 Å². The van der Waals surface area contributed by atoms with Gasteiger partial charge in [0.2, 0.25) is 5.91 Å². The lowest BCUT2D eigenvalue weighted by Crippen LogP contribution is -2.24. The smallest absolute Gasteiger partial charge is 0.227 e. The van der Waals surface area contributed by atoms with Gasteiger partial charge in [-0.05, 0) is 73.7 Å². The molecule has 4 aromatic rings. The number of nitrogens with zero attached hydrogens (tertiary/aromatic N) is 3. The van der Waals surface area contributed by atoms with Crippen LogP contribution < -0.4 is 9.64 Å². The molecule has 5 rings (SSSR count). The fourth-order valence-corrected chi connectivity index (χ4v) is 5.25. The van der Waals surface area contributed by atoms with E-state index in [0.717, 1.165) is 53.2 Å². The van der Waals surface area contributed by atoms with Gasteiger partial charge in [0.1, 0.15) is 11.6 Å². The Morgan fingerprint density at radius 1 is 1.06 bits per heavy atom. The Kier molecular flexibility index (Phi) is 6.90. The summed E-state index contributed by atoms with van der Waals surface area (Å²) in [5.41, 5.74) is 6.55. The van der Waals surface area contributed by atoms with E-state index < -0.39 is 0 Å². The SMILES string of the molecule is C=CCc1ccccc1OCCCn1c(C2CC(=O)N(c3cc(C)cc(C)c3)C2)nc2ccccc21. The molecular formula is C31H33N3O2. The number of benzene rings is 3. The van der Waals surface area contributed by atoms with Crippen LogP contribution in [-0.2, 0) is 17.8 Å². The van der Waals surface area contributed by atoms with Crippen molar-refractivity contribution in [1.29, 1.82) is 0 Å². The zero-order chi connectivity index (χ0) is 25.1. The predicted molar refractivity (Wildman–Crippen MR) is 146 cm³/mol. The Morgan fingerprint density at radius 2 is 1.81 bits per heavy atom. The van der Waals surface area contributed by atoms with Crippen LogP contribution in [0, 0.1) is 13.8 Å². The molecule has 0 radical (unpaired) electrons. The summed E-state index contributed by atoms with van der Waals surface area (Å²) in [6.45, 7) is 10.0. The maximum absolute atomic E-state index is 13.1. The third-order valence-electron chi connectivity index (χ3n) is 6.81. The first-order valence-electron chi connectivity index (χ1n) is 12.7. The molecule has 1 fully saturated rings. The number of carbonyl (C=O) groups excluding carboxylic acids is 1. The molecule has 1 saturated heterocycles. The van der Waals surface area contributed by atoms with Gasteiger partial charge < -0.3 is 14.2 Å². The summed E-state index contributed by atoms with van der Waals surface area (Å²) >= 11 is 0. The number of aryl methyl sites for hydroxylation is 3. The van der Waals surface area contributed by atoms with E-state index in [9.17, 15) is 4.79 Å². The summed E-state index contributed by atoms with van der Waals surface area (Å²) < 4.78 is 8.42. The average Bonchev–Trinajstić information content (AvgIpc) is 3.43. The molecule has 0 saturated carbocycles. The minimum atomic E-state index is 0.0555. The van der Waals surface area contributed by atoms with Crippen LogP contribution in [0.1, 0.15) is 41.3 Å². The molecule has 0 aliphatic carbocycles. The van der Waals surface area contributed by atoms with Crippen LogP contribution in [0.2, 0.25) is 0 Å². The van der Waals surface area contributed by atoms with Crippen molar-refractivity contribution in [2.75, 3.05) is 18.1 Å². The fraction of sp³-hybridized carbons (Fsp3) is 0.290. The van der Waals surface area contributed by atoms with Crippen LogP contribution in [0.15, 0.2) is 79.4 Å². The van der Waals surface area contributed by atoms with Crippen molar-refractivity contribution in [3.8, 4) is 5.75 Å². The van der Waals surface area contributed by atoms with Crippen LogP contribution in [-0.4, -0.2) is 28.6 Å². The third kappa shape index (κ3) is 4.92. The van der Waals surface area contributed by atoms with Crippen LogP contribution in [0.4, 0.5) is 5.69 Å². The number of carbonyl (C=O) groups is 1. The number of hydrogen-bond acceptors (Lipinski definition) is 3. The number of rotatable bonds is 9. The highest BCUT2D eigenvalue weighted by Gasteiger charge is 2.35. The van der Waals surface area contributed by atoms with Gasteiger partial charge in [-0.2, -0.15) is 0 Å². The largest absolute Gasteiger partial charge is 0.493 e. The second-order valence-corrected chi connectivity index (χ2v) is 9.66. The number of para-hydroxylation sites is 3. The number of anilines is 1. The van der Waals surface area contributed by atoms with Crippen molar-refractivity contribution in [1.82, 2.24) is 9.55 Å². The van der Waals surface area contributed by atoms with Crippen molar-refractivity contribution in [3.63, 3.8) is 0 Å². The Bertz CT molecular complexity index is 1380. The second-order valence-electron chi connectivity index (χ2n) is 9.66. The summed E-state index contributed by atoms with van der Waals surface area (Å²) in [6.07, 6.45) is 4.01. The Labute approximate surface area is 213 Å². The normalized spacial score (nSPS) is 15.6. The number of fused-ring (bicyclic) bond motifs is 1. The number of allylic oxidation sites excluding steroid dienone is 1.